The largest absolute Gasteiger partial charge is 0.394 e. The van der Waals surface area contributed by atoms with Crippen LogP contribution in [-0.2, 0) is 38.0 Å². The lowest BCUT2D eigenvalue weighted by atomic mass is 9.86. The van der Waals surface area contributed by atoms with Crippen molar-refractivity contribution in [3.8, 4) is 0 Å². The molecule has 24 atom stereocenters. The maximum absolute atomic E-state index is 13.2. The predicted octanol–water partition coefficient (Wildman–Crippen LogP) is -5.64. The normalized spacial score (nSPS) is 41.1. The molecule has 0 aromatic carbocycles. The monoisotopic (exact) mass is 930 g/mol. The Balaban J connectivity index is 1.28. The van der Waals surface area contributed by atoms with E-state index in [0.717, 1.165) is 0 Å². The van der Waals surface area contributed by atoms with Gasteiger partial charge in [-0.1, -0.05) is 40.5 Å². The summed E-state index contributed by atoms with van der Waals surface area (Å²) in [5, 5.41) is 141. The molecule has 374 valence electrons. The van der Waals surface area contributed by atoms with Gasteiger partial charge in [-0.15, -0.1) is 0 Å². The van der Waals surface area contributed by atoms with Crippen LogP contribution in [0.25, 0.3) is 0 Å². The fourth-order valence-corrected chi connectivity index (χ4v) is 8.59. The van der Waals surface area contributed by atoms with Crippen LogP contribution < -0.4 is 10.6 Å². The zero-order chi connectivity index (χ0) is 47.7. The van der Waals surface area contributed by atoms with Crippen LogP contribution in [0.5, 0.6) is 0 Å². The number of aliphatic hydroxyl groups is 13. The van der Waals surface area contributed by atoms with Crippen LogP contribution in [0.4, 0.5) is 0 Å². The number of nitrogens with one attached hydrogen (secondary N) is 2. The first-order valence-corrected chi connectivity index (χ1v) is 22.3. The molecule has 4 saturated heterocycles. The van der Waals surface area contributed by atoms with E-state index < -0.39 is 166 Å². The standard InChI is InChI=1S/C41H74N2O21/c1-6-16(3)21(42-28(49)11-20(47)9-23(17(4)7-2)62-41-38(58)34(54)27(14-45)63-41)8-19(46)10-29(50)43-30-26(13-44)61-25(32(52)35(30)55)12-24-33(53)36(56)39(18(5)60-24)64-40-37(57)31(51)22(48)15-59-40/h16-27,30-41,44-48,51-58H,6-15H2,1-5H3,(H,42,49)(H,43,50)/t16-,17-,18+,19-,20-,21-,22+,23-,24-,25-,26+,27-,30?,31?,32?,33?,34?,35?,36?,37?,38?,39?,40-,41+/m0/s1. The maximum atomic E-state index is 13.2. The molecule has 64 heavy (non-hydrogen) atoms. The van der Waals surface area contributed by atoms with Crippen molar-refractivity contribution in [2.45, 2.75) is 214 Å². The molecule has 0 bridgehead atoms. The Morgan fingerprint density at radius 2 is 1.22 bits per heavy atom. The molecule has 0 aromatic rings. The van der Waals surface area contributed by atoms with Crippen LogP contribution in [-0.4, -0.2) is 233 Å². The number of carbonyl (C=O) groups is 2. The second-order valence-electron chi connectivity index (χ2n) is 17.9. The molecule has 10 unspecified atom stereocenters. The lowest BCUT2D eigenvalue weighted by molar-refractivity contribution is -0.323. The number of hydrogen-bond donors (Lipinski definition) is 15. The highest BCUT2D eigenvalue weighted by Crippen LogP contribution is 2.33. The average Bonchev–Trinajstić information content (AvgIpc) is 3.52. The van der Waals surface area contributed by atoms with E-state index in [9.17, 15) is 76.0 Å². The van der Waals surface area contributed by atoms with Crippen molar-refractivity contribution in [3.63, 3.8) is 0 Å². The summed E-state index contributed by atoms with van der Waals surface area (Å²) in [6.07, 6.45) is -27.1. The molecule has 4 fully saturated rings. The summed E-state index contributed by atoms with van der Waals surface area (Å²) in [5.74, 6) is -1.65. The van der Waals surface area contributed by atoms with Crippen LogP contribution in [0, 0.1) is 11.8 Å². The highest BCUT2D eigenvalue weighted by Gasteiger charge is 2.51. The van der Waals surface area contributed by atoms with Crippen LogP contribution in [0.1, 0.15) is 79.6 Å². The number of ether oxygens (including phenoxy) is 6. The molecule has 0 saturated carbocycles. The third-order valence-corrected chi connectivity index (χ3v) is 13.1. The van der Waals surface area contributed by atoms with Crippen molar-refractivity contribution in [2.75, 3.05) is 19.8 Å². The second kappa shape index (κ2) is 25.0. The third kappa shape index (κ3) is 13.9. The van der Waals surface area contributed by atoms with Crippen molar-refractivity contribution in [2.24, 2.45) is 11.8 Å². The van der Waals surface area contributed by atoms with Gasteiger partial charge in [0.05, 0.1) is 75.3 Å². The highest BCUT2D eigenvalue weighted by molar-refractivity contribution is 5.77. The van der Waals surface area contributed by atoms with Crippen molar-refractivity contribution < 1.29 is 104 Å². The zero-order valence-corrected chi connectivity index (χ0v) is 37.0. The Morgan fingerprint density at radius 3 is 1.83 bits per heavy atom. The summed E-state index contributed by atoms with van der Waals surface area (Å²) in [6.45, 7) is 7.31. The Hall–Kier alpha value is -1.82. The summed E-state index contributed by atoms with van der Waals surface area (Å²) < 4.78 is 34.0. The lowest BCUT2D eigenvalue weighted by Crippen LogP contribution is -2.66. The number of hydrogen-bond acceptors (Lipinski definition) is 21. The molecule has 0 spiro atoms. The summed E-state index contributed by atoms with van der Waals surface area (Å²) >= 11 is 0. The smallest absolute Gasteiger partial charge is 0.223 e. The van der Waals surface area contributed by atoms with E-state index in [-0.39, 0.29) is 44.1 Å². The topological polar surface area (TPSA) is 377 Å². The predicted molar refractivity (Wildman–Crippen MR) is 217 cm³/mol. The van der Waals surface area contributed by atoms with Gasteiger partial charge in [0.2, 0.25) is 11.8 Å². The van der Waals surface area contributed by atoms with Crippen LogP contribution >= 0.6 is 0 Å². The van der Waals surface area contributed by atoms with Gasteiger partial charge in [-0.3, -0.25) is 9.59 Å². The van der Waals surface area contributed by atoms with E-state index in [1.807, 2.05) is 27.7 Å². The fraction of sp³-hybridized carbons (Fsp3) is 0.951. The van der Waals surface area contributed by atoms with E-state index in [4.69, 9.17) is 28.4 Å². The summed E-state index contributed by atoms with van der Waals surface area (Å²) in [4.78, 5) is 26.4. The van der Waals surface area contributed by atoms with Gasteiger partial charge >= 0.3 is 0 Å². The molecule has 0 aromatic heterocycles. The molecular formula is C41H74N2O21. The first-order chi connectivity index (χ1) is 30.1. The quantitative estimate of drug-likeness (QED) is 0.0481. The van der Waals surface area contributed by atoms with Gasteiger partial charge in [-0.25, -0.2) is 0 Å². The molecule has 23 nitrogen and oxygen atoms in total. The van der Waals surface area contributed by atoms with Gasteiger partial charge in [0.1, 0.15) is 73.2 Å². The average molecular weight is 931 g/mol. The van der Waals surface area contributed by atoms with Crippen molar-refractivity contribution in [1.82, 2.24) is 10.6 Å². The first kappa shape index (κ1) is 54.8. The first-order valence-electron chi connectivity index (χ1n) is 22.3. The number of rotatable bonds is 22. The third-order valence-electron chi connectivity index (χ3n) is 13.1. The maximum Gasteiger partial charge on any atom is 0.223 e. The van der Waals surface area contributed by atoms with E-state index in [1.165, 1.54) is 6.92 Å². The van der Waals surface area contributed by atoms with Gasteiger partial charge in [0, 0.05) is 18.9 Å². The van der Waals surface area contributed by atoms with Gasteiger partial charge in [-0.2, -0.15) is 0 Å². The summed E-state index contributed by atoms with van der Waals surface area (Å²) in [7, 11) is 0. The van der Waals surface area contributed by atoms with Gasteiger partial charge in [0.25, 0.3) is 0 Å². The van der Waals surface area contributed by atoms with Gasteiger partial charge < -0.3 is 105 Å². The van der Waals surface area contributed by atoms with Crippen molar-refractivity contribution in [3.05, 3.63) is 0 Å². The Morgan fingerprint density at radius 1 is 0.656 bits per heavy atom. The summed E-state index contributed by atoms with van der Waals surface area (Å²) in [5.41, 5.74) is 0. The molecule has 4 aliphatic heterocycles. The molecule has 2 amide bonds. The highest BCUT2D eigenvalue weighted by atomic mass is 16.7. The molecule has 0 aliphatic carbocycles. The number of aliphatic hydroxyl groups excluding tert-OH is 13. The molecule has 23 heteroatoms. The second-order valence-corrected chi connectivity index (χ2v) is 17.9. The van der Waals surface area contributed by atoms with Crippen molar-refractivity contribution >= 4 is 11.8 Å². The van der Waals surface area contributed by atoms with Crippen LogP contribution in [0.3, 0.4) is 0 Å². The molecule has 4 aliphatic rings. The van der Waals surface area contributed by atoms with E-state index in [0.29, 0.717) is 12.8 Å². The van der Waals surface area contributed by atoms with E-state index in [1.54, 1.807) is 0 Å². The Labute approximate surface area is 372 Å². The molecule has 0 radical (unpaired) electrons. The van der Waals surface area contributed by atoms with Crippen LogP contribution in [0.2, 0.25) is 0 Å². The minimum Gasteiger partial charge on any atom is -0.394 e. The van der Waals surface area contributed by atoms with Crippen LogP contribution in [0.15, 0.2) is 0 Å². The fourth-order valence-electron chi connectivity index (χ4n) is 8.59. The molecule has 15 N–H and O–H groups in total. The summed E-state index contributed by atoms with van der Waals surface area (Å²) in [6, 6.07) is -2.00. The minimum absolute atomic E-state index is 0.0231. The SMILES string of the molecule is CC[C@H](C)[C@H](C[C@H](O)CC(=O)NC1C(O)C(O)[C@H](C[C@@H]2O[C@H](C)C(O[C@@H]3OC[C@@H](O)C(O)C3O)C(O)C2O)O[C@@H]1CO)NC(=O)C[C@@H](O)C[C@H](O[C@@H]1O[C@@H](CO)C(O)C1O)[C@@H](C)CC. The van der Waals surface area contributed by atoms with E-state index >= 15 is 0 Å². The molecule has 4 heterocycles. The van der Waals surface area contributed by atoms with E-state index in [2.05, 4.69) is 10.6 Å². The Bertz CT molecular complexity index is 1420. The van der Waals surface area contributed by atoms with Crippen molar-refractivity contribution in [1.29, 1.82) is 0 Å². The lowest BCUT2D eigenvalue weighted by Gasteiger charge is -2.47. The molecule has 4 rings (SSSR count). The zero-order valence-electron chi connectivity index (χ0n) is 37.0. The van der Waals surface area contributed by atoms with Gasteiger partial charge in [-0.05, 0) is 25.2 Å². The number of carbonyl (C=O) groups excluding carboxylic acids is 2. The number of amides is 2. The Kier molecular flexibility index (Phi) is 21.4. The molecular weight excluding hydrogens is 856 g/mol. The van der Waals surface area contributed by atoms with Gasteiger partial charge in [0.15, 0.2) is 12.6 Å². The minimum atomic E-state index is -1.72.